The molecule has 1 aliphatic rings. The van der Waals surface area contributed by atoms with Crippen LogP contribution in [0.2, 0.25) is 0 Å². The molecule has 2 aromatic carbocycles. The highest BCUT2D eigenvalue weighted by atomic mass is 16.2. The lowest BCUT2D eigenvalue weighted by Gasteiger charge is -2.37. The van der Waals surface area contributed by atoms with Gasteiger partial charge in [-0.15, -0.1) is 0 Å². The molecule has 1 amide bonds. The van der Waals surface area contributed by atoms with E-state index in [0.29, 0.717) is 12.1 Å². The van der Waals surface area contributed by atoms with Crippen LogP contribution in [-0.4, -0.2) is 32.3 Å². The molecule has 30 heavy (non-hydrogen) atoms. The predicted octanol–water partition coefficient (Wildman–Crippen LogP) is 2.40. The molecule has 0 spiro atoms. The topological polar surface area (TPSA) is 98.9 Å². The van der Waals surface area contributed by atoms with E-state index in [4.69, 9.17) is 0 Å². The normalized spacial score (nSPS) is 15.7. The molecule has 0 aliphatic carbocycles. The minimum Gasteiger partial charge on any atom is -0.327 e. The molecule has 0 unspecified atom stereocenters. The summed E-state index contributed by atoms with van der Waals surface area (Å²) in [6.07, 6.45) is 2.16. The van der Waals surface area contributed by atoms with Crippen LogP contribution in [0, 0.1) is 0 Å². The SMILES string of the molecule is O=C(c1cnc2[nH]c(=O)[nH]c(=O)c2c1)N1CCc2ccccc2[C@@H]1c1ccccc1. The second-order valence-corrected chi connectivity index (χ2v) is 7.29. The Bertz CT molecular complexity index is 1370. The number of H-pyrrole nitrogens is 2. The number of carbonyl (C=O) groups is 1. The molecule has 2 N–H and O–H groups in total. The van der Waals surface area contributed by atoms with Gasteiger partial charge in [0.05, 0.1) is 17.0 Å². The maximum absolute atomic E-state index is 13.5. The minimum atomic E-state index is -0.629. The van der Waals surface area contributed by atoms with Crippen LogP contribution in [0.1, 0.15) is 33.1 Å². The average Bonchev–Trinajstić information content (AvgIpc) is 2.78. The number of fused-ring (bicyclic) bond motifs is 2. The summed E-state index contributed by atoms with van der Waals surface area (Å²) in [5.41, 5.74) is 2.61. The smallest absolute Gasteiger partial charge is 0.327 e. The molecule has 7 heteroatoms. The fraction of sp³-hybridized carbons (Fsp3) is 0.130. The van der Waals surface area contributed by atoms with E-state index >= 15 is 0 Å². The second-order valence-electron chi connectivity index (χ2n) is 7.29. The van der Waals surface area contributed by atoms with Crippen LogP contribution in [0.4, 0.5) is 0 Å². The largest absolute Gasteiger partial charge is 0.327 e. The van der Waals surface area contributed by atoms with Crippen molar-refractivity contribution in [2.45, 2.75) is 12.5 Å². The van der Waals surface area contributed by atoms with Gasteiger partial charge in [0.15, 0.2) is 0 Å². The molecule has 1 aliphatic heterocycles. The number of rotatable bonds is 2. The Morgan fingerprint density at radius 1 is 1.00 bits per heavy atom. The molecule has 4 aromatic rings. The number of nitrogens with zero attached hydrogens (tertiary/aromatic N) is 2. The number of carbonyl (C=O) groups excluding carboxylic acids is 1. The highest BCUT2D eigenvalue weighted by molar-refractivity contribution is 5.97. The van der Waals surface area contributed by atoms with E-state index in [1.165, 1.54) is 17.8 Å². The third kappa shape index (κ3) is 3.00. The van der Waals surface area contributed by atoms with E-state index in [-0.39, 0.29) is 23.0 Å². The number of aromatic nitrogens is 3. The van der Waals surface area contributed by atoms with Crippen LogP contribution < -0.4 is 11.2 Å². The molecular formula is C23H18N4O3. The zero-order chi connectivity index (χ0) is 20.7. The first-order valence-electron chi connectivity index (χ1n) is 9.68. The molecule has 0 radical (unpaired) electrons. The van der Waals surface area contributed by atoms with Crippen LogP contribution in [0.15, 0.2) is 76.4 Å². The van der Waals surface area contributed by atoms with Crippen molar-refractivity contribution >= 4 is 16.9 Å². The zero-order valence-electron chi connectivity index (χ0n) is 16.0. The summed E-state index contributed by atoms with van der Waals surface area (Å²) >= 11 is 0. The van der Waals surface area contributed by atoms with Crippen molar-refractivity contribution in [1.82, 2.24) is 19.9 Å². The maximum Gasteiger partial charge on any atom is 0.327 e. The van der Waals surface area contributed by atoms with Gasteiger partial charge in [0.1, 0.15) is 5.65 Å². The summed E-state index contributed by atoms with van der Waals surface area (Å²) in [6, 6.07) is 19.3. The van der Waals surface area contributed by atoms with Crippen LogP contribution >= 0.6 is 0 Å². The van der Waals surface area contributed by atoms with Crippen molar-refractivity contribution < 1.29 is 4.79 Å². The Kier molecular flexibility index (Phi) is 4.28. The van der Waals surface area contributed by atoms with E-state index in [0.717, 1.165) is 17.5 Å². The first-order valence-corrected chi connectivity index (χ1v) is 9.68. The van der Waals surface area contributed by atoms with Gasteiger partial charge in [-0.05, 0) is 29.2 Å². The lowest BCUT2D eigenvalue weighted by atomic mass is 9.88. The average molecular weight is 398 g/mol. The number of nitrogens with one attached hydrogen (secondary N) is 2. The summed E-state index contributed by atoms with van der Waals surface area (Å²) in [7, 11) is 0. The van der Waals surface area contributed by atoms with Crippen LogP contribution in [0.5, 0.6) is 0 Å². The molecule has 3 heterocycles. The van der Waals surface area contributed by atoms with E-state index < -0.39 is 11.2 Å². The highest BCUT2D eigenvalue weighted by Gasteiger charge is 2.32. The summed E-state index contributed by atoms with van der Waals surface area (Å²) in [5.74, 6) is -0.210. The molecule has 1 atom stereocenters. The Morgan fingerprint density at radius 2 is 1.77 bits per heavy atom. The van der Waals surface area contributed by atoms with Crippen LogP contribution in [-0.2, 0) is 6.42 Å². The monoisotopic (exact) mass is 398 g/mol. The first-order chi connectivity index (χ1) is 14.6. The van der Waals surface area contributed by atoms with E-state index in [2.05, 4.69) is 27.1 Å². The third-order valence-electron chi connectivity index (χ3n) is 5.50. The van der Waals surface area contributed by atoms with Gasteiger partial charge in [0.2, 0.25) is 0 Å². The summed E-state index contributed by atoms with van der Waals surface area (Å²) < 4.78 is 0. The van der Waals surface area contributed by atoms with Crippen molar-refractivity contribution in [1.29, 1.82) is 0 Å². The maximum atomic E-state index is 13.5. The van der Waals surface area contributed by atoms with Gasteiger partial charge in [-0.1, -0.05) is 54.6 Å². The number of amides is 1. The molecule has 148 valence electrons. The second kappa shape index (κ2) is 7.11. The zero-order valence-corrected chi connectivity index (χ0v) is 16.0. The lowest BCUT2D eigenvalue weighted by molar-refractivity contribution is 0.0694. The fourth-order valence-electron chi connectivity index (χ4n) is 4.11. The van der Waals surface area contributed by atoms with Crippen molar-refractivity contribution in [3.8, 4) is 0 Å². The number of benzene rings is 2. The molecule has 0 bridgehead atoms. The van der Waals surface area contributed by atoms with Crippen LogP contribution in [0.25, 0.3) is 11.0 Å². The van der Waals surface area contributed by atoms with Gasteiger partial charge < -0.3 is 4.90 Å². The predicted molar refractivity (Wildman–Crippen MR) is 112 cm³/mol. The Hall–Kier alpha value is -4.00. The van der Waals surface area contributed by atoms with E-state index in [1.54, 1.807) is 0 Å². The Labute approximate surface area is 171 Å². The minimum absolute atomic E-state index is 0.156. The number of pyridine rings is 1. The van der Waals surface area contributed by atoms with Gasteiger partial charge in [-0.2, -0.15) is 0 Å². The van der Waals surface area contributed by atoms with Crippen molar-refractivity contribution in [2.75, 3.05) is 6.54 Å². The first kappa shape index (κ1) is 18.1. The molecule has 2 aromatic heterocycles. The highest BCUT2D eigenvalue weighted by Crippen LogP contribution is 2.35. The van der Waals surface area contributed by atoms with Crippen molar-refractivity contribution in [3.05, 3.63) is 110 Å². The number of aromatic amines is 2. The van der Waals surface area contributed by atoms with Gasteiger partial charge in [-0.25, -0.2) is 9.78 Å². The standard InChI is InChI=1S/C23H18N4O3/c28-21-18-12-16(13-24-20(18)25-23(30)26-21)22(29)27-11-10-14-6-4-5-9-17(14)19(27)15-7-2-1-3-8-15/h1-9,12-13,19H,10-11H2,(H2,24,25,26,28,30)/t19-/m0/s1. The number of hydrogen-bond acceptors (Lipinski definition) is 4. The van der Waals surface area contributed by atoms with Gasteiger partial charge in [0.25, 0.3) is 11.5 Å². The number of hydrogen-bond donors (Lipinski definition) is 2. The quantitative estimate of drug-likeness (QED) is 0.542. The Morgan fingerprint density at radius 3 is 2.60 bits per heavy atom. The summed E-state index contributed by atoms with van der Waals surface area (Å²) in [6.45, 7) is 0.551. The summed E-state index contributed by atoms with van der Waals surface area (Å²) in [5, 5.41) is 0.175. The van der Waals surface area contributed by atoms with E-state index in [1.807, 2.05) is 47.4 Å². The van der Waals surface area contributed by atoms with Crippen LogP contribution in [0.3, 0.4) is 0 Å². The van der Waals surface area contributed by atoms with E-state index in [9.17, 15) is 14.4 Å². The fourth-order valence-corrected chi connectivity index (χ4v) is 4.11. The lowest BCUT2D eigenvalue weighted by Crippen LogP contribution is -2.40. The van der Waals surface area contributed by atoms with Crippen molar-refractivity contribution in [2.24, 2.45) is 0 Å². The molecule has 0 saturated heterocycles. The van der Waals surface area contributed by atoms with Crippen molar-refractivity contribution in [3.63, 3.8) is 0 Å². The molecule has 7 nitrogen and oxygen atoms in total. The van der Waals surface area contributed by atoms with Gasteiger partial charge in [-0.3, -0.25) is 19.6 Å². The molecule has 0 fully saturated rings. The third-order valence-corrected chi connectivity index (χ3v) is 5.50. The molecular weight excluding hydrogens is 380 g/mol. The van der Waals surface area contributed by atoms with Gasteiger partial charge in [0, 0.05) is 12.7 Å². The summed E-state index contributed by atoms with van der Waals surface area (Å²) in [4.78, 5) is 47.7. The Balaban J connectivity index is 1.62. The molecule has 0 saturated carbocycles. The molecule has 5 rings (SSSR count). The van der Waals surface area contributed by atoms with Gasteiger partial charge >= 0.3 is 5.69 Å².